The zero-order valence-corrected chi connectivity index (χ0v) is 20.3. The maximum Gasteiger partial charge on any atom is 0.303 e. The number of rotatable bonds is 6. The molecular weight excluding hydrogens is 476 g/mol. The highest BCUT2D eigenvalue weighted by Crippen LogP contribution is 2.61. The molecule has 0 spiro atoms. The highest BCUT2D eigenvalue weighted by Gasteiger charge is 2.64. The third kappa shape index (κ3) is 3.22. The molecule has 0 radical (unpaired) electrons. The van der Waals surface area contributed by atoms with Gasteiger partial charge in [0.1, 0.15) is 17.6 Å². The Hall–Kier alpha value is -3.57. The molecule has 0 saturated carbocycles. The summed E-state index contributed by atoms with van der Waals surface area (Å²) in [4.78, 5) is 12.4. The number of methoxy groups -OCH3 is 3. The lowest BCUT2D eigenvalue weighted by molar-refractivity contribution is -0.167. The molecule has 0 bridgehead atoms. The molecule has 2 saturated heterocycles. The maximum absolute atomic E-state index is 12.4. The van der Waals surface area contributed by atoms with Crippen LogP contribution in [0.5, 0.6) is 40.2 Å². The number of ether oxygens (including phenoxy) is 10. The van der Waals surface area contributed by atoms with Crippen LogP contribution in [0.4, 0.5) is 0 Å². The Morgan fingerprint density at radius 1 is 0.889 bits per heavy atom. The van der Waals surface area contributed by atoms with Crippen molar-refractivity contribution in [3.05, 3.63) is 29.3 Å². The standard InChI is InChI=1S/C25H26O11/c1-12(26)36-25-9-31-21(20-18(28-3)7-19-22(23(20)29-4)35-11-34-19)14(25)8-30-24(25)13-5-16-17(33-10-32-16)6-15(13)27-2/h5-7,14,21,24H,8-11H2,1-4H3/t14-,21+,24+,25-/m1/s1. The summed E-state index contributed by atoms with van der Waals surface area (Å²) in [6.07, 6.45) is -1.28. The molecule has 11 heteroatoms. The Bertz CT molecular complexity index is 1210. The van der Waals surface area contributed by atoms with Crippen molar-refractivity contribution >= 4 is 5.97 Å². The average Bonchev–Trinajstić information content (AvgIpc) is 3.65. The molecular formula is C25H26O11. The molecule has 0 aliphatic carbocycles. The number of benzene rings is 2. The summed E-state index contributed by atoms with van der Waals surface area (Å²) in [6, 6.07) is 5.28. The minimum absolute atomic E-state index is 0.0692. The molecule has 0 amide bonds. The number of carbonyl (C=O) groups excluding carboxylic acids is 1. The fourth-order valence-electron chi connectivity index (χ4n) is 5.57. The number of hydrogen-bond donors (Lipinski definition) is 0. The van der Waals surface area contributed by atoms with Crippen molar-refractivity contribution in [2.45, 2.75) is 24.7 Å². The van der Waals surface area contributed by atoms with Gasteiger partial charge < -0.3 is 47.4 Å². The van der Waals surface area contributed by atoms with Crippen molar-refractivity contribution in [2.75, 3.05) is 48.1 Å². The van der Waals surface area contributed by atoms with Crippen LogP contribution in [0.2, 0.25) is 0 Å². The van der Waals surface area contributed by atoms with Gasteiger partial charge in [-0.05, 0) is 6.07 Å². The van der Waals surface area contributed by atoms with Gasteiger partial charge in [0.2, 0.25) is 19.3 Å². The summed E-state index contributed by atoms with van der Waals surface area (Å²) in [7, 11) is 4.66. The number of fused-ring (bicyclic) bond motifs is 3. The second kappa shape index (κ2) is 8.52. The fraction of sp³-hybridized carbons (Fsp3) is 0.480. The first-order chi connectivity index (χ1) is 17.5. The van der Waals surface area contributed by atoms with E-state index in [0.29, 0.717) is 51.4 Å². The van der Waals surface area contributed by atoms with Gasteiger partial charge in [0.15, 0.2) is 28.6 Å². The summed E-state index contributed by atoms with van der Waals surface area (Å²) < 4.78 is 58.1. The van der Waals surface area contributed by atoms with Crippen LogP contribution in [0.3, 0.4) is 0 Å². The number of carbonyl (C=O) groups is 1. The van der Waals surface area contributed by atoms with Crippen molar-refractivity contribution in [3.63, 3.8) is 0 Å². The molecule has 4 aliphatic heterocycles. The van der Waals surface area contributed by atoms with Gasteiger partial charge >= 0.3 is 5.97 Å². The third-order valence-electron chi connectivity index (χ3n) is 7.04. The molecule has 0 unspecified atom stereocenters. The Balaban J connectivity index is 1.46. The lowest BCUT2D eigenvalue weighted by atomic mass is 9.79. The van der Waals surface area contributed by atoms with E-state index >= 15 is 0 Å². The molecule has 4 atom stereocenters. The minimum Gasteiger partial charge on any atom is -0.496 e. The zero-order chi connectivity index (χ0) is 25.0. The molecule has 36 heavy (non-hydrogen) atoms. The molecule has 6 rings (SSSR count). The first-order valence-electron chi connectivity index (χ1n) is 11.5. The first kappa shape index (κ1) is 22.9. The summed E-state index contributed by atoms with van der Waals surface area (Å²) in [6.45, 7) is 1.86. The Labute approximate surface area is 207 Å². The second-order valence-electron chi connectivity index (χ2n) is 8.81. The molecule has 4 aliphatic rings. The van der Waals surface area contributed by atoms with E-state index in [-0.39, 0.29) is 26.8 Å². The van der Waals surface area contributed by atoms with E-state index in [9.17, 15) is 4.79 Å². The second-order valence-corrected chi connectivity index (χ2v) is 8.81. The summed E-state index contributed by atoms with van der Waals surface area (Å²) in [5.41, 5.74) is 0.147. The van der Waals surface area contributed by atoms with Crippen LogP contribution < -0.4 is 33.2 Å². The summed E-state index contributed by atoms with van der Waals surface area (Å²) in [5, 5.41) is 0. The van der Waals surface area contributed by atoms with Gasteiger partial charge in [-0.25, -0.2) is 0 Å². The van der Waals surface area contributed by atoms with Gasteiger partial charge in [0.25, 0.3) is 0 Å². The van der Waals surface area contributed by atoms with Crippen LogP contribution >= 0.6 is 0 Å². The van der Waals surface area contributed by atoms with E-state index < -0.39 is 29.7 Å². The molecule has 2 aromatic rings. The molecule has 11 nitrogen and oxygen atoms in total. The lowest BCUT2D eigenvalue weighted by Crippen LogP contribution is -2.43. The predicted octanol–water partition coefficient (Wildman–Crippen LogP) is 2.93. The van der Waals surface area contributed by atoms with Gasteiger partial charge in [0, 0.05) is 24.6 Å². The molecule has 0 aromatic heterocycles. The van der Waals surface area contributed by atoms with Gasteiger partial charge in [-0.3, -0.25) is 4.79 Å². The molecule has 192 valence electrons. The first-order valence-corrected chi connectivity index (χ1v) is 11.5. The topological polar surface area (TPSA) is 109 Å². The Kier molecular flexibility index (Phi) is 5.41. The van der Waals surface area contributed by atoms with E-state index in [1.165, 1.54) is 6.92 Å². The largest absolute Gasteiger partial charge is 0.496 e. The predicted molar refractivity (Wildman–Crippen MR) is 120 cm³/mol. The third-order valence-corrected chi connectivity index (χ3v) is 7.04. The van der Waals surface area contributed by atoms with Crippen molar-refractivity contribution < 1.29 is 52.2 Å². The van der Waals surface area contributed by atoms with Crippen LogP contribution in [-0.4, -0.2) is 59.7 Å². The highest BCUT2D eigenvalue weighted by molar-refractivity contribution is 5.68. The number of esters is 1. The van der Waals surface area contributed by atoms with Crippen LogP contribution in [-0.2, 0) is 19.0 Å². The van der Waals surface area contributed by atoms with E-state index in [1.807, 2.05) is 0 Å². The van der Waals surface area contributed by atoms with Gasteiger partial charge in [-0.1, -0.05) is 0 Å². The molecule has 2 fully saturated rings. The van der Waals surface area contributed by atoms with E-state index in [2.05, 4.69) is 0 Å². The van der Waals surface area contributed by atoms with Crippen molar-refractivity contribution in [2.24, 2.45) is 5.92 Å². The zero-order valence-electron chi connectivity index (χ0n) is 20.3. The van der Waals surface area contributed by atoms with E-state index in [0.717, 1.165) is 0 Å². The van der Waals surface area contributed by atoms with Crippen LogP contribution in [0, 0.1) is 5.92 Å². The molecule has 0 N–H and O–H groups in total. The van der Waals surface area contributed by atoms with Crippen molar-refractivity contribution in [1.82, 2.24) is 0 Å². The Morgan fingerprint density at radius 2 is 1.58 bits per heavy atom. The molecule has 2 aromatic carbocycles. The van der Waals surface area contributed by atoms with Gasteiger partial charge in [0.05, 0.1) is 52.1 Å². The lowest BCUT2D eigenvalue weighted by Gasteiger charge is -2.33. The number of hydrogen-bond acceptors (Lipinski definition) is 11. The maximum atomic E-state index is 12.4. The minimum atomic E-state index is -1.15. The van der Waals surface area contributed by atoms with Gasteiger partial charge in [-0.15, -0.1) is 0 Å². The van der Waals surface area contributed by atoms with E-state index in [4.69, 9.17) is 47.4 Å². The van der Waals surface area contributed by atoms with Gasteiger partial charge in [-0.2, -0.15) is 0 Å². The van der Waals surface area contributed by atoms with Crippen LogP contribution in [0.15, 0.2) is 18.2 Å². The fourth-order valence-corrected chi connectivity index (χ4v) is 5.57. The SMILES string of the molecule is COc1cc2c(cc1[C@@H]1OC[C@@H]3[C@@H](c4c(OC)cc5c(c4OC)OCO5)OC[C@@]31OC(C)=O)OCO2. The van der Waals surface area contributed by atoms with E-state index in [1.54, 1.807) is 39.5 Å². The smallest absolute Gasteiger partial charge is 0.303 e. The van der Waals surface area contributed by atoms with Crippen molar-refractivity contribution in [3.8, 4) is 40.2 Å². The van der Waals surface area contributed by atoms with Crippen LogP contribution in [0.1, 0.15) is 30.3 Å². The summed E-state index contributed by atoms with van der Waals surface area (Å²) in [5.74, 6) is 2.73. The highest BCUT2D eigenvalue weighted by atomic mass is 16.7. The Morgan fingerprint density at radius 3 is 2.31 bits per heavy atom. The normalized spacial score (nSPS) is 27.1. The molecule has 4 heterocycles. The van der Waals surface area contributed by atoms with Crippen LogP contribution in [0.25, 0.3) is 0 Å². The van der Waals surface area contributed by atoms with Crippen molar-refractivity contribution in [1.29, 1.82) is 0 Å². The monoisotopic (exact) mass is 502 g/mol. The quantitative estimate of drug-likeness (QED) is 0.544. The summed E-state index contributed by atoms with van der Waals surface area (Å²) >= 11 is 0. The average molecular weight is 502 g/mol.